The lowest BCUT2D eigenvalue weighted by molar-refractivity contribution is 0.157. The lowest BCUT2D eigenvalue weighted by Crippen LogP contribution is -2.33. The van der Waals surface area contributed by atoms with Crippen LogP contribution >= 0.6 is 0 Å². The zero-order chi connectivity index (χ0) is 26.1. The Morgan fingerprint density at radius 1 is 0.861 bits per heavy atom. The predicted molar refractivity (Wildman–Crippen MR) is 122 cm³/mol. The van der Waals surface area contributed by atoms with Crippen molar-refractivity contribution in [3.05, 3.63) is 89.1 Å². The van der Waals surface area contributed by atoms with Crippen molar-refractivity contribution in [2.45, 2.75) is 20.4 Å². The second kappa shape index (κ2) is 9.96. The summed E-state index contributed by atoms with van der Waals surface area (Å²) < 4.78 is 90.2. The van der Waals surface area contributed by atoms with Crippen LogP contribution in [0.25, 0.3) is 22.0 Å². The van der Waals surface area contributed by atoms with Gasteiger partial charge in [-0.1, -0.05) is 0 Å². The zero-order valence-electron chi connectivity index (χ0n) is 19.2. The molecule has 0 unspecified atom stereocenters. The summed E-state index contributed by atoms with van der Waals surface area (Å²) in [6.07, 6.45) is 0.787. The van der Waals surface area contributed by atoms with E-state index in [9.17, 15) is 31.1 Å². The maximum absolute atomic E-state index is 14.3. The minimum Gasteiger partial charge on any atom is -0.410 e. The van der Waals surface area contributed by atoms with Crippen LogP contribution in [0.4, 0.5) is 31.1 Å². The molecule has 0 atom stereocenters. The number of nitrogens with zero attached hydrogens (tertiary/aromatic N) is 2. The number of hydrogen-bond acceptors (Lipinski definition) is 2. The Morgan fingerprint density at radius 2 is 1.53 bits per heavy atom. The van der Waals surface area contributed by atoms with E-state index in [4.69, 9.17) is 4.74 Å². The van der Waals surface area contributed by atoms with Crippen molar-refractivity contribution < 1.29 is 35.9 Å². The van der Waals surface area contributed by atoms with Gasteiger partial charge in [0.15, 0.2) is 23.3 Å². The van der Waals surface area contributed by atoms with Crippen molar-refractivity contribution >= 4 is 17.0 Å². The SMILES string of the molecule is CCN(CC)C(=O)Oc1ccc2c(ccn2Cc2cc(F)c(F)c(F)c2F)c1-c1cc(F)cc(F)c1. The van der Waals surface area contributed by atoms with Crippen LogP contribution in [0.2, 0.25) is 0 Å². The first kappa shape index (κ1) is 25.2. The summed E-state index contributed by atoms with van der Waals surface area (Å²) in [6, 6.07) is 7.81. The summed E-state index contributed by atoms with van der Waals surface area (Å²) in [5.74, 6) is -8.61. The van der Waals surface area contributed by atoms with E-state index in [1.54, 1.807) is 13.8 Å². The third-order valence-electron chi connectivity index (χ3n) is 5.80. The summed E-state index contributed by atoms with van der Waals surface area (Å²) in [6.45, 7) is 3.88. The van der Waals surface area contributed by atoms with Gasteiger partial charge in [0, 0.05) is 47.4 Å². The van der Waals surface area contributed by atoms with Gasteiger partial charge in [-0.3, -0.25) is 0 Å². The molecule has 1 amide bonds. The van der Waals surface area contributed by atoms with E-state index in [0.29, 0.717) is 36.1 Å². The molecule has 0 aliphatic carbocycles. The molecule has 0 N–H and O–H groups in total. The molecule has 4 rings (SSSR count). The topological polar surface area (TPSA) is 34.5 Å². The highest BCUT2D eigenvalue weighted by atomic mass is 19.2. The molecule has 0 spiro atoms. The molecule has 1 heterocycles. The number of carbonyl (C=O) groups is 1. The summed E-state index contributed by atoms with van der Waals surface area (Å²) >= 11 is 0. The predicted octanol–water partition coefficient (Wildman–Crippen LogP) is 7.03. The van der Waals surface area contributed by atoms with Crippen LogP contribution in [-0.4, -0.2) is 28.6 Å². The Bertz CT molecular complexity index is 1440. The first-order valence-corrected chi connectivity index (χ1v) is 11.0. The second-order valence-electron chi connectivity index (χ2n) is 7.97. The lowest BCUT2D eigenvalue weighted by Gasteiger charge is -2.20. The molecule has 0 bridgehead atoms. The summed E-state index contributed by atoms with van der Waals surface area (Å²) in [5, 5.41) is 0.369. The minimum atomic E-state index is -1.93. The molecule has 1 aromatic heterocycles. The van der Waals surface area contributed by atoms with Gasteiger partial charge in [0.05, 0.1) is 6.54 Å². The number of halogens is 6. The van der Waals surface area contributed by atoms with Crippen LogP contribution in [0, 0.1) is 34.9 Å². The molecular weight excluding hydrogens is 486 g/mol. The van der Waals surface area contributed by atoms with E-state index in [1.165, 1.54) is 33.9 Å². The molecule has 0 radical (unpaired) electrons. The van der Waals surface area contributed by atoms with Crippen molar-refractivity contribution in [1.29, 1.82) is 0 Å². The minimum absolute atomic E-state index is 0.0206. The summed E-state index contributed by atoms with van der Waals surface area (Å²) in [4.78, 5) is 14.0. The molecule has 0 aliphatic heterocycles. The van der Waals surface area contributed by atoms with Crippen molar-refractivity contribution in [3.8, 4) is 16.9 Å². The molecule has 4 aromatic rings. The van der Waals surface area contributed by atoms with Gasteiger partial charge in [0.2, 0.25) is 0 Å². The van der Waals surface area contributed by atoms with Crippen LogP contribution in [0.3, 0.4) is 0 Å². The Hall–Kier alpha value is -3.95. The fourth-order valence-corrected chi connectivity index (χ4v) is 4.03. The maximum atomic E-state index is 14.3. The van der Waals surface area contributed by atoms with Crippen LogP contribution < -0.4 is 4.74 Å². The highest BCUT2D eigenvalue weighted by molar-refractivity contribution is 5.99. The van der Waals surface area contributed by atoms with E-state index in [1.807, 2.05) is 0 Å². The number of carbonyl (C=O) groups excluding carboxylic acids is 1. The monoisotopic (exact) mass is 506 g/mol. The smallest absolute Gasteiger partial charge is 0.410 e. The van der Waals surface area contributed by atoms with Crippen molar-refractivity contribution in [2.24, 2.45) is 0 Å². The first-order chi connectivity index (χ1) is 17.1. The van der Waals surface area contributed by atoms with Crippen LogP contribution in [0.15, 0.2) is 48.7 Å². The molecule has 0 saturated heterocycles. The fourth-order valence-electron chi connectivity index (χ4n) is 4.03. The van der Waals surface area contributed by atoms with E-state index in [2.05, 4.69) is 0 Å². The highest BCUT2D eigenvalue weighted by Gasteiger charge is 2.22. The third kappa shape index (κ3) is 4.62. The Labute approximate surface area is 202 Å². The van der Waals surface area contributed by atoms with Gasteiger partial charge < -0.3 is 14.2 Å². The largest absolute Gasteiger partial charge is 0.415 e. The number of rotatable bonds is 6. The van der Waals surface area contributed by atoms with Gasteiger partial charge in [0.25, 0.3) is 0 Å². The van der Waals surface area contributed by atoms with Gasteiger partial charge in [-0.15, -0.1) is 0 Å². The fraction of sp³-hybridized carbons (Fsp3) is 0.192. The lowest BCUT2D eigenvalue weighted by atomic mass is 10.00. The standard InChI is InChI=1S/C26H20F6N2O2/c1-3-33(4-2)26(35)36-21-6-5-20-18(22(21)14-9-16(27)12-17(28)10-14)7-8-34(20)13-15-11-19(29)24(31)25(32)23(15)30/h5-12H,3-4,13H2,1-2H3. The molecule has 36 heavy (non-hydrogen) atoms. The maximum Gasteiger partial charge on any atom is 0.415 e. The van der Waals surface area contributed by atoms with Crippen LogP contribution in [0.5, 0.6) is 5.75 Å². The first-order valence-electron chi connectivity index (χ1n) is 11.0. The third-order valence-corrected chi connectivity index (χ3v) is 5.80. The Kier molecular flexibility index (Phi) is 6.96. The molecule has 188 valence electrons. The molecular formula is C26H20F6N2O2. The number of ether oxygens (including phenoxy) is 1. The number of fused-ring (bicyclic) bond motifs is 1. The average molecular weight is 506 g/mol. The summed E-state index contributed by atoms with van der Waals surface area (Å²) in [5.41, 5.74) is 0.187. The molecule has 4 nitrogen and oxygen atoms in total. The van der Waals surface area contributed by atoms with Gasteiger partial charge in [-0.25, -0.2) is 31.1 Å². The highest BCUT2D eigenvalue weighted by Crippen LogP contribution is 2.39. The van der Waals surface area contributed by atoms with Gasteiger partial charge in [0.1, 0.15) is 17.4 Å². The number of benzene rings is 3. The molecule has 0 aliphatic rings. The number of amides is 1. The Morgan fingerprint density at radius 3 is 2.17 bits per heavy atom. The molecule has 3 aromatic carbocycles. The van der Waals surface area contributed by atoms with E-state index < -0.39 is 46.6 Å². The molecule has 10 heteroatoms. The van der Waals surface area contributed by atoms with Crippen molar-refractivity contribution in [3.63, 3.8) is 0 Å². The number of aromatic nitrogens is 1. The van der Waals surface area contributed by atoms with E-state index in [0.717, 1.165) is 12.1 Å². The van der Waals surface area contributed by atoms with Gasteiger partial charge in [-0.2, -0.15) is 0 Å². The van der Waals surface area contributed by atoms with E-state index in [-0.39, 0.29) is 23.4 Å². The molecule has 0 saturated carbocycles. The van der Waals surface area contributed by atoms with Crippen molar-refractivity contribution in [1.82, 2.24) is 9.47 Å². The van der Waals surface area contributed by atoms with Crippen molar-refractivity contribution in [2.75, 3.05) is 13.1 Å². The normalized spacial score (nSPS) is 11.2. The number of hydrogen-bond donors (Lipinski definition) is 0. The van der Waals surface area contributed by atoms with Gasteiger partial charge >= 0.3 is 6.09 Å². The zero-order valence-corrected chi connectivity index (χ0v) is 19.2. The van der Waals surface area contributed by atoms with Crippen LogP contribution in [-0.2, 0) is 6.54 Å². The quantitative estimate of drug-likeness (QED) is 0.160. The molecule has 0 fully saturated rings. The van der Waals surface area contributed by atoms with Gasteiger partial charge in [-0.05, 0) is 55.8 Å². The Balaban J connectivity index is 1.87. The summed E-state index contributed by atoms with van der Waals surface area (Å²) in [7, 11) is 0. The second-order valence-corrected chi connectivity index (χ2v) is 7.97. The van der Waals surface area contributed by atoms with E-state index >= 15 is 0 Å². The average Bonchev–Trinajstić information content (AvgIpc) is 3.23. The van der Waals surface area contributed by atoms with Crippen LogP contribution in [0.1, 0.15) is 19.4 Å².